The van der Waals surface area contributed by atoms with Crippen molar-refractivity contribution in [1.82, 2.24) is 4.90 Å². The number of carboxylic acid groups (broad SMARTS) is 1. The first-order valence-corrected chi connectivity index (χ1v) is 8.41. The SMILES string of the molecule is O=C(O)C1CSC(C2CC2)N1C(=O)c1ccc(Cl)cc1Cl. The molecule has 2 aliphatic rings. The molecule has 1 aromatic rings. The topological polar surface area (TPSA) is 57.6 Å². The lowest BCUT2D eigenvalue weighted by Crippen LogP contribution is -2.46. The molecule has 1 N–H and O–H groups in total. The van der Waals surface area contributed by atoms with Crippen LogP contribution in [0.4, 0.5) is 0 Å². The number of nitrogens with zero attached hydrogens (tertiary/aromatic N) is 1. The second-order valence-corrected chi connectivity index (χ2v) is 7.25. The largest absolute Gasteiger partial charge is 0.480 e. The Morgan fingerprint density at radius 2 is 2.00 bits per heavy atom. The summed E-state index contributed by atoms with van der Waals surface area (Å²) in [4.78, 5) is 25.7. The average molecular weight is 346 g/mol. The van der Waals surface area contributed by atoms with E-state index in [1.54, 1.807) is 23.9 Å². The summed E-state index contributed by atoms with van der Waals surface area (Å²) in [7, 11) is 0. The van der Waals surface area contributed by atoms with Crippen LogP contribution in [0, 0.1) is 5.92 Å². The maximum absolute atomic E-state index is 12.8. The molecule has 1 saturated heterocycles. The number of carbonyl (C=O) groups excluding carboxylic acids is 1. The van der Waals surface area contributed by atoms with Crippen LogP contribution < -0.4 is 0 Å². The molecule has 1 heterocycles. The van der Waals surface area contributed by atoms with E-state index in [-0.39, 0.29) is 16.3 Å². The maximum Gasteiger partial charge on any atom is 0.327 e. The Kier molecular flexibility index (Phi) is 4.08. The first-order valence-electron chi connectivity index (χ1n) is 6.61. The van der Waals surface area contributed by atoms with Crippen molar-refractivity contribution < 1.29 is 14.7 Å². The molecule has 1 aromatic carbocycles. The molecule has 112 valence electrons. The van der Waals surface area contributed by atoms with Gasteiger partial charge in [-0.2, -0.15) is 0 Å². The maximum atomic E-state index is 12.8. The highest BCUT2D eigenvalue weighted by atomic mass is 35.5. The van der Waals surface area contributed by atoms with Gasteiger partial charge in [0.25, 0.3) is 5.91 Å². The Bertz CT molecular complexity index is 606. The lowest BCUT2D eigenvalue weighted by Gasteiger charge is -2.27. The van der Waals surface area contributed by atoms with Gasteiger partial charge in [-0.25, -0.2) is 4.79 Å². The number of amides is 1. The van der Waals surface area contributed by atoms with Crippen LogP contribution in [-0.4, -0.2) is 39.1 Å². The first-order chi connectivity index (χ1) is 9.99. The average Bonchev–Trinajstić information content (AvgIpc) is 3.16. The minimum absolute atomic E-state index is 0.0645. The van der Waals surface area contributed by atoms with Gasteiger partial charge in [-0.1, -0.05) is 23.2 Å². The Balaban J connectivity index is 1.93. The molecule has 1 aliphatic heterocycles. The van der Waals surface area contributed by atoms with Crippen LogP contribution in [0.15, 0.2) is 18.2 Å². The highest BCUT2D eigenvalue weighted by molar-refractivity contribution is 8.00. The van der Waals surface area contributed by atoms with E-state index >= 15 is 0 Å². The Morgan fingerprint density at radius 1 is 1.29 bits per heavy atom. The number of halogens is 2. The third-order valence-electron chi connectivity index (χ3n) is 3.74. The van der Waals surface area contributed by atoms with E-state index in [9.17, 15) is 14.7 Å². The predicted molar refractivity (Wildman–Crippen MR) is 83.0 cm³/mol. The zero-order valence-corrected chi connectivity index (χ0v) is 13.3. The van der Waals surface area contributed by atoms with Crippen LogP contribution in [0.25, 0.3) is 0 Å². The van der Waals surface area contributed by atoms with Crippen LogP contribution >= 0.6 is 35.0 Å². The summed E-state index contributed by atoms with van der Waals surface area (Å²) in [6.07, 6.45) is 2.09. The van der Waals surface area contributed by atoms with Gasteiger partial charge in [-0.3, -0.25) is 4.79 Å². The van der Waals surface area contributed by atoms with Gasteiger partial charge in [0.05, 0.1) is 16.0 Å². The van der Waals surface area contributed by atoms with Crippen LogP contribution in [-0.2, 0) is 4.79 Å². The molecule has 1 amide bonds. The van der Waals surface area contributed by atoms with E-state index in [0.29, 0.717) is 22.3 Å². The summed E-state index contributed by atoms with van der Waals surface area (Å²) < 4.78 is 0. The highest BCUT2D eigenvalue weighted by Crippen LogP contribution is 2.46. The van der Waals surface area contributed by atoms with Crippen molar-refractivity contribution >= 4 is 46.8 Å². The van der Waals surface area contributed by atoms with Crippen LogP contribution in [0.3, 0.4) is 0 Å². The molecular formula is C14H13Cl2NO3S. The van der Waals surface area contributed by atoms with E-state index in [1.165, 1.54) is 11.0 Å². The summed E-state index contributed by atoms with van der Waals surface area (Å²) in [5.41, 5.74) is 0.306. The summed E-state index contributed by atoms with van der Waals surface area (Å²) in [5.74, 6) is -0.475. The van der Waals surface area contributed by atoms with Crippen LogP contribution in [0.5, 0.6) is 0 Å². The standard InChI is InChI=1S/C14H13Cl2NO3S/c15-8-3-4-9(10(16)5-8)12(18)17-11(14(19)20)6-21-13(17)7-1-2-7/h3-5,7,11,13H,1-2,6H2,(H,19,20). The molecule has 4 nitrogen and oxygen atoms in total. The van der Waals surface area contributed by atoms with Gasteiger partial charge in [0, 0.05) is 10.8 Å². The summed E-state index contributed by atoms with van der Waals surface area (Å²) in [6.45, 7) is 0. The molecule has 21 heavy (non-hydrogen) atoms. The number of aliphatic carboxylic acids is 1. The van der Waals surface area contributed by atoms with E-state index in [2.05, 4.69) is 0 Å². The second-order valence-electron chi connectivity index (χ2n) is 5.25. The van der Waals surface area contributed by atoms with Crippen molar-refractivity contribution in [3.05, 3.63) is 33.8 Å². The zero-order chi connectivity index (χ0) is 15.1. The lowest BCUT2D eigenvalue weighted by molar-refractivity contribution is -0.141. The van der Waals surface area contributed by atoms with Gasteiger partial charge in [0.15, 0.2) is 0 Å². The normalized spacial score (nSPS) is 25.1. The number of thioether (sulfide) groups is 1. The number of carbonyl (C=O) groups is 2. The third kappa shape index (κ3) is 2.87. The minimum atomic E-state index is -0.968. The molecule has 3 rings (SSSR count). The van der Waals surface area contributed by atoms with Crippen molar-refractivity contribution in [2.45, 2.75) is 24.3 Å². The van der Waals surface area contributed by atoms with Crippen LogP contribution in [0.2, 0.25) is 10.0 Å². The second kappa shape index (κ2) is 5.71. The first kappa shape index (κ1) is 15.0. The lowest BCUT2D eigenvalue weighted by atomic mass is 10.1. The van der Waals surface area contributed by atoms with E-state index in [4.69, 9.17) is 23.2 Å². The monoisotopic (exact) mass is 345 g/mol. The zero-order valence-electron chi connectivity index (χ0n) is 11.0. The van der Waals surface area contributed by atoms with Crippen molar-refractivity contribution in [2.24, 2.45) is 5.92 Å². The number of rotatable bonds is 3. The smallest absolute Gasteiger partial charge is 0.327 e. The summed E-state index contributed by atoms with van der Waals surface area (Å²) in [5, 5.41) is 9.99. The third-order valence-corrected chi connectivity index (χ3v) is 5.75. The highest BCUT2D eigenvalue weighted by Gasteiger charge is 2.48. The Morgan fingerprint density at radius 3 is 2.57 bits per heavy atom. The Labute approximate surface area is 136 Å². The molecular weight excluding hydrogens is 333 g/mol. The molecule has 2 fully saturated rings. The fourth-order valence-corrected chi connectivity index (χ4v) is 4.64. The molecule has 1 saturated carbocycles. The van der Waals surface area contributed by atoms with Crippen molar-refractivity contribution in [3.8, 4) is 0 Å². The van der Waals surface area contributed by atoms with Gasteiger partial charge < -0.3 is 10.0 Å². The van der Waals surface area contributed by atoms with Gasteiger partial charge >= 0.3 is 5.97 Å². The predicted octanol–water partition coefficient (Wildman–Crippen LogP) is 3.37. The number of hydrogen-bond acceptors (Lipinski definition) is 3. The van der Waals surface area contributed by atoms with E-state index in [1.807, 2.05) is 0 Å². The molecule has 0 bridgehead atoms. The molecule has 7 heteroatoms. The van der Waals surface area contributed by atoms with Gasteiger partial charge in [0.1, 0.15) is 6.04 Å². The Hall–Kier alpha value is -0.910. The van der Waals surface area contributed by atoms with Crippen molar-refractivity contribution in [3.63, 3.8) is 0 Å². The number of carboxylic acids is 1. The number of hydrogen-bond donors (Lipinski definition) is 1. The molecule has 1 aliphatic carbocycles. The van der Waals surface area contributed by atoms with Crippen molar-refractivity contribution in [2.75, 3.05) is 5.75 Å². The van der Waals surface area contributed by atoms with Gasteiger partial charge in [0.2, 0.25) is 0 Å². The quantitative estimate of drug-likeness (QED) is 0.912. The molecule has 0 radical (unpaired) electrons. The van der Waals surface area contributed by atoms with Gasteiger partial charge in [-0.15, -0.1) is 11.8 Å². The van der Waals surface area contributed by atoms with E-state index in [0.717, 1.165) is 12.8 Å². The molecule has 2 unspecified atom stereocenters. The summed E-state index contributed by atoms with van der Waals surface area (Å²) in [6, 6.07) is 3.85. The van der Waals surface area contributed by atoms with Crippen LogP contribution in [0.1, 0.15) is 23.2 Å². The molecule has 0 spiro atoms. The summed E-state index contributed by atoms with van der Waals surface area (Å²) >= 11 is 13.5. The fourth-order valence-electron chi connectivity index (χ4n) is 2.52. The van der Waals surface area contributed by atoms with Crippen molar-refractivity contribution in [1.29, 1.82) is 0 Å². The molecule has 2 atom stereocenters. The minimum Gasteiger partial charge on any atom is -0.480 e. The van der Waals surface area contributed by atoms with Gasteiger partial charge in [-0.05, 0) is 37.0 Å². The molecule has 0 aromatic heterocycles. The number of benzene rings is 1. The fraction of sp³-hybridized carbons (Fsp3) is 0.429. The van der Waals surface area contributed by atoms with E-state index < -0.39 is 12.0 Å².